The molecular weight excluding hydrogens is 426 g/mol. The number of aromatic nitrogens is 3. The number of hydrogen-bond donors (Lipinski definition) is 2. The number of para-hydroxylation sites is 1. The largest absolute Gasteiger partial charge is 0.496 e. The van der Waals surface area contributed by atoms with Crippen LogP contribution in [0.25, 0.3) is 11.1 Å². The molecule has 5 rings (SSSR count). The Hall–Kier alpha value is -3.84. The summed E-state index contributed by atoms with van der Waals surface area (Å²) in [6.07, 6.45) is 6.59. The Kier molecular flexibility index (Phi) is 8.13. The van der Waals surface area contributed by atoms with Crippen molar-refractivity contribution in [3.8, 4) is 22.8 Å². The highest BCUT2D eigenvalue weighted by molar-refractivity contribution is 5.69. The Morgan fingerprint density at radius 1 is 1.06 bits per heavy atom. The minimum atomic E-state index is 0.0434. The number of hydrogen-bond acceptors (Lipinski definition) is 6. The maximum atomic E-state index is 6.04. The molecule has 34 heavy (non-hydrogen) atoms. The summed E-state index contributed by atoms with van der Waals surface area (Å²) in [5, 5.41) is 11.1. The van der Waals surface area contributed by atoms with Crippen LogP contribution in [-0.4, -0.2) is 47.6 Å². The molecule has 1 aliphatic rings. The van der Waals surface area contributed by atoms with Gasteiger partial charge in [-0.05, 0) is 30.7 Å². The van der Waals surface area contributed by atoms with Crippen molar-refractivity contribution in [2.75, 3.05) is 32.1 Å². The van der Waals surface area contributed by atoms with Gasteiger partial charge in [-0.1, -0.05) is 54.6 Å². The van der Waals surface area contributed by atoms with Crippen molar-refractivity contribution < 1.29 is 9.47 Å². The molecule has 1 unspecified atom stereocenters. The number of anilines is 1. The van der Waals surface area contributed by atoms with Gasteiger partial charge in [-0.3, -0.25) is 4.68 Å². The maximum Gasteiger partial charge on any atom is 0.237 e. The normalized spacial score (nSPS) is 14.1. The van der Waals surface area contributed by atoms with Gasteiger partial charge in [0.05, 0.1) is 25.5 Å². The first-order chi connectivity index (χ1) is 16.7. The monoisotopic (exact) mass is 457 g/mol. The van der Waals surface area contributed by atoms with Crippen molar-refractivity contribution in [3.63, 3.8) is 0 Å². The van der Waals surface area contributed by atoms with Crippen LogP contribution in [0.2, 0.25) is 0 Å². The molecule has 1 aliphatic heterocycles. The zero-order valence-electron chi connectivity index (χ0n) is 19.6. The summed E-state index contributed by atoms with van der Waals surface area (Å²) in [5.74, 6) is 1.58. The van der Waals surface area contributed by atoms with E-state index in [-0.39, 0.29) is 6.10 Å². The fourth-order valence-corrected chi connectivity index (χ4v) is 3.72. The molecule has 0 amide bonds. The molecule has 7 heteroatoms. The summed E-state index contributed by atoms with van der Waals surface area (Å²) in [4.78, 5) is 4.49. The molecular formula is C27H31N5O2. The molecule has 7 nitrogen and oxygen atoms in total. The van der Waals surface area contributed by atoms with Gasteiger partial charge < -0.3 is 20.1 Å². The van der Waals surface area contributed by atoms with E-state index in [1.165, 1.54) is 5.56 Å². The van der Waals surface area contributed by atoms with Crippen LogP contribution >= 0.6 is 0 Å². The molecule has 0 bridgehead atoms. The highest BCUT2D eigenvalue weighted by Crippen LogP contribution is 2.31. The lowest BCUT2D eigenvalue weighted by atomic mass is 10.1. The molecule has 0 spiro atoms. The third kappa shape index (κ3) is 6.36. The molecule has 0 radical (unpaired) electrons. The fourth-order valence-electron chi connectivity index (χ4n) is 3.72. The van der Waals surface area contributed by atoms with E-state index < -0.39 is 0 Å². The zero-order valence-corrected chi connectivity index (χ0v) is 19.6. The highest BCUT2D eigenvalue weighted by Gasteiger charge is 2.21. The topological polar surface area (TPSA) is 73.2 Å². The number of pyridine rings is 1. The van der Waals surface area contributed by atoms with Gasteiger partial charge >= 0.3 is 0 Å². The summed E-state index contributed by atoms with van der Waals surface area (Å²) < 4.78 is 13.2. The van der Waals surface area contributed by atoms with E-state index >= 15 is 0 Å². The molecule has 1 atom stereocenters. The van der Waals surface area contributed by atoms with E-state index in [9.17, 15) is 0 Å². The summed E-state index contributed by atoms with van der Waals surface area (Å²) in [6, 6.07) is 22.2. The van der Waals surface area contributed by atoms with Crippen LogP contribution in [0.5, 0.6) is 11.6 Å². The fraction of sp³-hybridized carbons (Fsp3) is 0.259. The third-order valence-corrected chi connectivity index (χ3v) is 5.49. The van der Waals surface area contributed by atoms with Crippen LogP contribution in [-0.2, 0) is 13.5 Å². The van der Waals surface area contributed by atoms with Gasteiger partial charge in [0.15, 0.2) is 0 Å². The van der Waals surface area contributed by atoms with Crippen molar-refractivity contribution in [2.45, 2.75) is 12.5 Å². The van der Waals surface area contributed by atoms with Crippen molar-refractivity contribution in [3.05, 3.63) is 90.9 Å². The van der Waals surface area contributed by atoms with E-state index in [0.717, 1.165) is 48.6 Å². The first kappa shape index (κ1) is 23.3. The summed E-state index contributed by atoms with van der Waals surface area (Å²) in [6.45, 7) is 2.36. The average molecular weight is 458 g/mol. The van der Waals surface area contributed by atoms with Gasteiger partial charge in [0.2, 0.25) is 5.88 Å². The Balaban J connectivity index is 0.000000398. The molecule has 2 aromatic heterocycles. The lowest BCUT2D eigenvalue weighted by Gasteiger charge is -2.27. The van der Waals surface area contributed by atoms with Crippen molar-refractivity contribution in [2.24, 2.45) is 7.05 Å². The van der Waals surface area contributed by atoms with E-state index in [1.807, 2.05) is 80.2 Å². The minimum absolute atomic E-state index is 0.0434. The van der Waals surface area contributed by atoms with E-state index in [2.05, 4.69) is 32.8 Å². The SMILES string of the molecule is COc1ccccc1CCNCC1CNc2cc(-c3cnn(C)c3)cnc2O1.c1ccccc1. The van der Waals surface area contributed by atoms with Crippen molar-refractivity contribution in [1.82, 2.24) is 20.1 Å². The van der Waals surface area contributed by atoms with Gasteiger partial charge in [-0.25, -0.2) is 4.98 Å². The molecule has 0 fully saturated rings. The molecule has 0 aliphatic carbocycles. The number of methoxy groups -OCH3 is 1. The second kappa shape index (κ2) is 11.9. The van der Waals surface area contributed by atoms with Crippen LogP contribution in [0, 0.1) is 0 Å². The minimum Gasteiger partial charge on any atom is -0.496 e. The van der Waals surface area contributed by atoms with E-state index in [0.29, 0.717) is 5.88 Å². The molecule has 2 N–H and O–H groups in total. The predicted molar refractivity (Wildman–Crippen MR) is 135 cm³/mol. The number of rotatable bonds is 7. The number of nitrogens with zero attached hydrogens (tertiary/aromatic N) is 3. The first-order valence-electron chi connectivity index (χ1n) is 11.4. The number of benzene rings is 2. The Labute approximate surface area is 200 Å². The van der Waals surface area contributed by atoms with Crippen molar-refractivity contribution in [1.29, 1.82) is 0 Å². The smallest absolute Gasteiger partial charge is 0.237 e. The van der Waals surface area contributed by atoms with Gasteiger partial charge in [0.1, 0.15) is 11.9 Å². The van der Waals surface area contributed by atoms with Gasteiger partial charge in [0.25, 0.3) is 0 Å². The van der Waals surface area contributed by atoms with Gasteiger partial charge in [0, 0.05) is 37.1 Å². The standard InChI is InChI=1S/C21H25N5O2.C6H6/c1-26-14-17(11-25-26)16-9-19-21(24-10-16)28-18(13-23-19)12-22-8-7-15-5-3-4-6-20(15)27-2;1-2-4-6-5-3-1/h3-6,9-11,14,18,22-23H,7-8,12-13H2,1-2H3;1-6H. The second-order valence-electron chi connectivity index (χ2n) is 8.02. The number of aryl methyl sites for hydroxylation is 1. The molecule has 4 aromatic rings. The maximum absolute atomic E-state index is 6.04. The summed E-state index contributed by atoms with van der Waals surface area (Å²) in [5.41, 5.74) is 4.19. The van der Waals surface area contributed by atoms with Crippen LogP contribution in [0.15, 0.2) is 85.3 Å². The van der Waals surface area contributed by atoms with E-state index in [1.54, 1.807) is 11.8 Å². The van der Waals surface area contributed by atoms with Crippen LogP contribution in [0.3, 0.4) is 0 Å². The van der Waals surface area contributed by atoms with Gasteiger partial charge in [-0.15, -0.1) is 0 Å². The Morgan fingerprint density at radius 3 is 2.53 bits per heavy atom. The average Bonchev–Trinajstić information content (AvgIpc) is 3.34. The molecule has 0 saturated carbocycles. The van der Waals surface area contributed by atoms with Crippen LogP contribution < -0.4 is 20.1 Å². The number of fused-ring (bicyclic) bond motifs is 1. The first-order valence-corrected chi connectivity index (χ1v) is 11.4. The summed E-state index contributed by atoms with van der Waals surface area (Å²) in [7, 11) is 3.61. The Morgan fingerprint density at radius 2 is 1.82 bits per heavy atom. The lowest BCUT2D eigenvalue weighted by Crippen LogP contribution is -2.40. The molecule has 3 heterocycles. The second-order valence-corrected chi connectivity index (χ2v) is 8.02. The molecule has 2 aromatic carbocycles. The van der Waals surface area contributed by atoms with Crippen LogP contribution in [0.1, 0.15) is 5.56 Å². The Bertz CT molecular complexity index is 1140. The zero-order chi connectivity index (χ0) is 23.6. The number of ether oxygens (including phenoxy) is 2. The van der Waals surface area contributed by atoms with Crippen LogP contribution in [0.4, 0.5) is 5.69 Å². The third-order valence-electron chi connectivity index (χ3n) is 5.49. The van der Waals surface area contributed by atoms with Gasteiger partial charge in [-0.2, -0.15) is 5.10 Å². The molecule has 176 valence electrons. The highest BCUT2D eigenvalue weighted by atomic mass is 16.5. The lowest BCUT2D eigenvalue weighted by molar-refractivity contribution is 0.194. The number of nitrogens with one attached hydrogen (secondary N) is 2. The van der Waals surface area contributed by atoms with E-state index in [4.69, 9.17) is 9.47 Å². The predicted octanol–water partition coefficient (Wildman–Crippen LogP) is 4.18. The quantitative estimate of drug-likeness (QED) is 0.406. The molecule has 0 saturated heterocycles. The van der Waals surface area contributed by atoms with Crippen molar-refractivity contribution >= 4 is 5.69 Å². The summed E-state index contributed by atoms with van der Waals surface area (Å²) >= 11 is 0.